The van der Waals surface area contributed by atoms with Gasteiger partial charge in [0.25, 0.3) is 0 Å². The first-order valence-electron chi connectivity index (χ1n) is 11.0. The molecule has 5 rings (SSSR count). The average molecular weight is 467 g/mol. The van der Waals surface area contributed by atoms with Crippen molar-refractivity contribution in [3.63, 3.8) is 0 Å². The van der Waals surface area contributed by atoms with Crippen molar-refractivity contribution in [3.05, 3.63) is 119 Å². The Labute approximate surface area is 204 Å². The van der Waals surface area contributed by atoms with E-state index in [1.165, 1.54) is 43.8 Å². The third-order valence-electron chi connectivity index (χ3n) is 6.29. The second-order valence-electron chi connectivity index (χ2n) is 8.79. The first-order chi connectivity index (χ1) is 15.9. The Balaban J connectivity index is 1.37. The number of thioether (sulfide) groups is 1. The lowest BCUT2D eigenvalue weighted by molar-refractivity contribution is 0.607. The van der Waals surface area contributed by atoms with Crippen LogP contribution in [0, 0.1) is 5.41 Å². The molecule has 0 aliphatic carbocycles. The smallest absolute Gasteiger partial charge is 0.0961 e. The normalized spacial score (nSPS) is 14.8. The molecule has 0 spiro atoms. The molecular formula is C29H26N2S2. The van der Waals surface area contributed by atoms with Gasteiger partial charge < -0.3 is 5.73 Å². The van der Waals surface area contributed by atoms with E-state index in [2.05, 4.69) is 80.6 Å². The molecule has 4 heteroatoms. The third kappa shape index (κ3) is 4.26. The van der Waals surface area contributed by atoms with Crippen molar-refractivity contribution in [3.8, 4) is 11.1 Å². The number of nitrogens with one attached hydrogen (secondary N) is 1. The number of hydrogen-bond acceptors (Lipinski definition) is 4. The van der Waals surface area contributed by atoms with Gasteiger partial charge in [-0.2, -0.15) is 0 Å². The maximum absolute atomic E-state index is 8.34. The quantitative estimate of drug-likeness (QED) is 0.183. The molecule has 0 fully saturated rings. The minimum atomic E-state index is -0.275. The van der Waals surface area contributed by atoms with Crippen LogP contribution in [0.1, 0.15) is 41.5 Å². The fourth-order valence-corrected chi connectivity index (χ4v) is 6.61. The fraction of sp³-hybridized carbons (Fsp3) is 0.138. The predicted octanol–water partition coefficient (Wildman–Crippen LogP) is 7.86. The highest BCUT2D eigenvalue weighted by Gasteiger charge is 2.32. The van der Waals surface area contributed by atoms with Crippen LogP contribution in [0.15, 0.2) is 107 Å². The molecule has 1 atom stereocenters. The summed E-state index contributed by atoms with van der Waals surface area (Å²) in [6.07, 6.45) is 0. The van der Waals surface area contributed by atoms with Crippen molar-refractivity contribution in [1.82, 2.24) is 0 Å². The highest BCUT2D eigenvalue weighted by molar-refractivity contribution is 8.14. The van der Waals surface area contributed by atoms with Gasteiger partial charge in [0.05, 0.1) is 10.4 Å². The van der Waals surface area contributed by atoms with Gasteiger partial charge in [-0.1, -0.05) is 122 Å². The molecule has 1 unspecified atom stereocenters. The van der Waals surface area contributed by atoms with E-state index in [1.807, 2.05) is 42.1 Å². The lowest BCUT2D eigenvalue weighted by Crippen LogP contribution is -2.23. The molecular weight excluding hydrogens is 440 g/mol. The average Bonchev–Trinajstić information content (AvgIpc) is 2.84. The van der Waals surface area contributed by atoms with E-state index in [1.54, 1.807) is 0 Å². The van der Waals surface area contributed by atoms with Crippen LogP contribution in [0.5, 0.6) is 0 Å². The summed E-state index contributed by atoms with van der Waals surface area (Å²) < 4.78 is 0. The van der Waals surface area contributed by atoms with E-state index in [0.717, 1.165) is 11.1 Å². The van der Waals surface area contributed by atoms with Crippen LogP contribution in [0.2, 0.25) is 0 Å². The molecule has 1 aliphatic rings. The van der Waals surface area contributed by atoms with E-state index in [9.17, 15) is 0 Å². The highest BCUT2D eigenvalue weighted by Crippen LogP contribution is 2.49. The van der Waals surface area contributed by atoms with E-state index < -0.39 is 0 Å². The van der Waals surface area contributed by atoms with Crippen LogP contribution in [-0.4, -0.2) is 5.04 Å². The molecule has 0 aromatic heterocycles. The summed E-state index contributed by atoms with van der Waals surface area (Å²) >= 11 is 3.24. The molecule has 3 N–H and O–H groups in total. The summed E-state index contributed by atoms with van der Waals surface area (Å²) in [6, 6.07) is 33.7. The van der Waals surface area contributed by atoms with Gasteiger partial charge in [-0.25, -0.2) is 0 Å². The Morgan fingerprint density at radius 2 is 1.42 bits per heavy atom. The maximum atomic E-state index is 8.34. The fourth-order valence-electron chi connectivity index (χ4n) is 4.36. The van der Waals surface area contributed by atoms with Crippen molar-refractivity contribution in [2.75, 3.05) is 0 Å². The Hall–Kier alpha value is -2.79. The summed E-state index contributed by atoms with van der Waals surface area (Å²) in [5.74, 6) is 0. The second kappa shape index (κ2) is 8.86. The minimum Gasteiger partial charge on any atom is -0.315 e. The summed E-state index contributed by atoms with van der Waals surface area (Å²) in [5, 5.41) is 8.55. The number of benzene rings is 4. The number of hydrogen-bond donors (Lipinski definition) is 2. The number of fused-ring (bicyclic) bond motifs is 2. The van der Waals surface area contributed by atoms with Gasteiger partial charge in [0, 0.05) is 20.8 Å². The summed E-state index contributed by atoms with van der Waals surface area (Å²) in [5.41, 5.74) is 13.5. The summed E-state index contributed by atoms with van der Waals surface area (Å²) in [7, 11) is 0. The molecule has 33 heavy (non-hydrogen) atoms. The molecule has 2 nitrogen and oxygen atoms in total. The molecule has 0 saturated carbocycles. The van der Waals surface area contributed by atoms with Crippen molar-refractivity contribution in [1.29, 1.82) is 5.41 Å². The Morgan fingerprint density at radius 1 is 0.788 bits per heavy atom. The van der Waals surface area contributed by atoms with Crippen LogP contribution < -0.4 is 5.73 Å². The van der Waals surface area contributed by atoms with Crippen LogP contribution >= 0.6 is 23.5 Å². The molecule has 4 aromatic rings. The molecule has 0 bridgehead atoms. The monoisotopic (exact) mass is 466 g/mol. The van der Waals surface area contributed by atoms with Gasteiger partial charge in [0.1, 0.15) is 0 Å². The largest absolute Gasteiger partial charge is 0.315 e. The molecule has 0 radical (unpaired) electrons. The molecule has 164 valence electrons. The SMILES string of the molecule is CC1(C)c2ccccc2Sc2cc(-c3ccc(C(N)SC(=N)c4ccccc4)cc3)ccc21. The van der Waals surface area contributed by atoms with Gasteiger partial charge in [-0.05, 0) is 39.9 Å². The zero-order chi connectivity index (χ0) is 23.0. The summed E-state index contributed by atoms with van der Waals surface area (Å²) in [4.78, 5) is 2.66. The minimum absolute atomic E-state index is 0.00716. The molecule has 0 saturated heterocycles. The first kappa shape index (κ1) is 22.0. The van der Waals surface area contributed by atoms with E-state index in [0.29, 0.717) is 5.04 Å². The van der Waals surface area contributed by atoms with Crippen molar-refractivity contribution in [2.24, 2.45) is 5.73 Å². The molecule has 0 amide bonds. The third-order valence-corrected chi connectivity index (χ3v) is 8.42. The van der Waals surface area contributed by atoms with Crippen LogP contribution in [0.3, 0.4) is 0 Å². The number of nitrogens with two attached hydrogens (primary N) is 1. The highest BCUT2D eigenvalue weighted by atomic mass is 32.2. The number of rotatable bonds is 4. The zero-order valence-electron chi connectivity index (χ0n) is 18.7. The van der Waals surface area contributed by atoms with E-state index in [-0.39, 0.29) is 10.8 Å². The van der Waals surface area contributed by atoms with Crippen LogP contribution in [0.4, 0.5) is 0 Å². The van der Waals surface area contributed by atoms with Gasteiger partial charge in [-0.3, -0.25) is 5.41 Å². The van der Waals surface area contributed by atoms with Crippen LogP contribution in [-0.2, 0) is 5.41 Å². The first-order valence-corrected chi connectivity index (χ1v) is 12.7. The topological polar surface area (TPSA) is 49.9 Å². The second-order valence-corrected chi connectivity index (χ2v) is 11.0. The molecule has 1 aliphatic heterocycles. The summed E-state index contributed by atoms with van der Waals surface area (Å²) in [6.45, 7) is 4.62. The zero-order valence-corrected chi connectivity index (χ0v) is 20.3. The van der Waals surface area contributed by atoms with Crippen molar-refractivity contribution >= 4 is 28.6 Å². The lowest BCUT2D eigenvalue weighted by atomic mass is 9.77. The van der Waals surface area contributed by atoms with Gasteiger partial charge >= 0.3 is 0 Å². The van der Waals surface area contributed by atoms with Crippen LogP contribution in [0.25, 0.3) is 11.1 Å². The standard InChI is InChI=1S/C29H26N2S2/c1-29(2)23-10-6-7-11-25(23)32-26-18-22(16-17-24(26)29)19-12-14-21(15-13-19)28(31)33-27(30)20-8-4-3-5-9-20/h3-18,28,30H,31H2,1-2H3. The Morgan fingerprint density at radius 3 is 2.18 bits per heavy atom. The maximum Gasteiger partial charge on any atom is 0.0961 e. The van der Waals surface area contributed by atoms with Crippen molar-refractivity contribution in [2.45, 2.75) is 34.4 Å². The van der Waals surface area contributed by atoms with E-state index in [4.69, 9.17) is 11.1 Å². The van der Waals surface area contributed by atoms with Crippen molar-refractivity contribution < 1.29 is 0 Å². The Bertz CT molecular complexity index is 1310. The Kier molecular flexibility index (Phi) is 5.92. The molecule has 1 heterocycles. The molecule has 4 aromatic carbocycles. The lowest BCUT2D eigenvalue weighted by Gasteiger charge is -2.34. The predicted molar refractivity (Wildman–Crippen MR) is 142 cm³/mol. The van der Waals surface area contributed by atoms with Gasteiger partial charge in [-0.15, -0.1) is 0 Å². The van der Waals surface area contributed by atoms with E-state index >= 15 is 0 Å². The van der Waals surface area contributed by atoms with Gasteiger partial charge in [0.15, 0.2) is 0 Å². The van der Waals surface area contributed by atoms with Gasteiger partial charge in [0.2, 0.25) is 0 Å².